The molecule has 0 aromatic heterocycles. The van der Waals surface area contributed by atoms with Crippen LogP contribution in [0.2, 0.25) is 0 Å². The van der Waals surface area contributed by atoms with Gasteiger partial charge in [0.1, 0.15) is 5.78 Å². The summed E-state index contributed by atoms with van der Waals surface area (Å²) in [5.41, 5.74) is 0. The van der Waals surface area contributed by atoms with Crippen molar-refractivity contribution in [2.75, 3.05) is 13.7 Å². The van der Waals surface area contributed by atoms with Gasteiger partial charge in [0.15, 0.2) is 0 Å². The van der Waals surface area contributed by atoms with Crippen molar-refractivity contribution >= 4 is 17.6 Å². The molecule has 2 N–H and O–H groups in total. The lowest BCUT2D eigenvalue weighted by atomic mass is 9.95. The van der Waals surface area contributed by atoms with Crippen molar-refractivity contribution in [1.82, 2.24) is 10.6 Å². The first-order valence-electron chi connectivity index (χ1n) is 11.4. The topological polar surface area (TPSA) is 84.5 Å². The van der Waals surface area contributed by atoms with E-state index in [1.807, 2.05) is 41.5 Å². The minimum absolute atomic E-state index is 0.0284. The summed E-state index contributed by atoms with van der Waals surface area (Å²) in [7, 11) is 1.62. The minimum Gasteiger partial charge on any atom is -0.378 e. The van der Waals surface area contributed by atoms with Crippen molar-refractivity contribution in [3.05, 3.63) is 0 Å². The number of hydrogen-bond donors (Lipinski definition) is 2. The molecule has 0 heterocycles. The first kappa shape index (κ1) is 29.8. The zero-order valence-electron chi connectivity index (χ0n) is 19.9. The normalized spacial score (nSPS) is 13.7. The van der Waals surface area contributed by atoms with E-state index in [0.717, 1.165) is 12.8 Å². The summed E-state index contributed by atoms with van der Waals surface area (Å²) in [6, 6.07) is 0.386. The van der Waals surface area contributed by atoms with E-state index >= 15 is 0 Å². The maximum atomic E-state index is 11.6. The van der Waals surface area contributed by atoms with Gasteiger partial charge in [-0.25, -0.2) is 0 Å². The number of carbonyl (C=O) groups excluding carboxylic acids is 3. The van der Waals surface area contributed by atoms with Crippen LogP contribution in [0.25, 0.3) is 0 Å². The molecule has 2 amide bonds. The number of hydrogen-bond acceptors (Lipinski definition) is 4. The molecule has 0 atom stereocenters. The minimum atomic E-state index is 0.0284. The number of nitrogens with one attached hydrogen (secondary N) is 2. The maximum absolute atomic E-state index is 11.6. The second-order valence-electron chi connectivity index (χ2n) is 7.72. The van der Waals surface area contributed by atoms with Crippen LogP contribution in [0.15, 0.2) is 0 Å². The molecule has 0 aliphatic heterocycles. The van der Waals surface area contributed by atoms with Crippen LogP contribution in [0.1, 0.15) is 99.3 Å². The van der Waals surface area contributed by atoms with Crippen molar-refractivity contribution in [3.63, 3.8) is 0 Å². The Morgan fingerprint density at radius 2 is 1.48 bits per heavy atom. The van der Waals surface area contributed by atoms with Crippen molar-refractivity contribution in [2.24, 2.45) is 5.92 Å². The number of carbonyl (C=O) groups is 3. The second-order valence-corrected chi connectivity index (χ2v) is 7.72. The highest BCUT2D eigenvalue weighted by molar-refractivity contribution is 5.81. The number of amides is 2. The average molecular weight is 415 g/mol. The van der Waals surface area contributed by atoms with Gasteiger partial charge in [0.25, 0.3) is 0 Å². The molecular weight excluding hydrogens is 368 g/mol. The Labute approximate surface area is 178 Å². The van der Waals surface area contributed by atoms with Gasteiger partial charge in [0.2, 0.25) is 11.8 Å². The van der Waals surface area contributed by atoms with E-state index in [1.54, 1.807) is 7.05 Å². The van der Waals surface area contributed by atoms with Crippen molar-refractivity contribution < 1.29 is 19.1 Å². The third-order valence-corrected chi connectivity index (χ3v) is 4.50. The van der Waals surface area contributed by atoms with Gasteiger partial charge >= 0.3 is 0 Å². The highest BCUT2D eigenvalue weighted by atomic mass is 16.5. The van der Waals surface area contributed by atoms with Crippen molar-refractivity contribution in [1.29, 1.82) is 0 Å². The lowest BCUT2D eigenvalue weighted by molar-refractivity contribution is -0.124. The van der Waals surface area contributed by atoms with Crippen LogP contribution in [0.3, 0.4) is 0 Å². The average Bonchev–Trinajstić information content (AvgIpc) is 2.70. The molecule has 6 nitrogen and oxygen atoms in total. The Morgan fingerprint density at radius 3 is 1.97 bits per heavy atom. The highest BCUT2D eigenvalue weighted by Crippen LogP contribution is 2.17. The number of ketones is 1. The standard InChI is InChI=1S/C14H25NO2.C7H15NO2.C2H6/c1-11(2)13(16)9-6-10-14(17)15-12-7-4-3-5-8-12;1-6(2)10-5-4-7(9)8-3;1-2/h11-12H,3-10H2,1-2H3,(H,15,17);6H,4-5H2,1-3H3,(H,8,9);1-2H3. The summed E-state index contributed by atoms with van der Waals surface area (Å²) >= 11 is 0. The zero-order valence-corrected chi connectivity index (χ0v) is 19.9. The van der Waals surface area contributed by atoms with Crippen LogP contribution in [0.4, 0.5) is 0 Å². The third kappa shape index (κ3) is 19.7. The fourth-order valence-corrected chi connectivity index (χ4v) is 2.77. The number of ether oxygens (including phenoxy) is 1. The Balaban J connectivity index is 0. The molecule has 0 saturated heterocycles. The number of Topliss-reactive ketones (excluding diaryl/α,β-unsaturated/α-hetero) is 1. The SMILES string of the molecule is CC.CC(C)C(=O)CCCC(=O)NC1CCCCC1.CNC(=O)CCOC(C)C. The molecule has 1 aliphatic rings. The summed E-state index contributed by atoms with van der Waals surface area (Å²) in [6.45, 7) is 12.2. The van der Waals surface area contributed by atoms with E-state index in [2.05, 4.69) is 10.6 Å². The van der Waals surface area contributed by atoms with Gasteiger partial charge in [-0.2, -0.15) is 0 Å². The van der Waals surface area contributed by atoms with Gasteiger partial charge in [-0.15, -0.1) is 0 Å². The Morgan fingerprint density at radius 1 is 0.897 bits per heavy atom. The van der Waals surface area contributed by atoms with Gasteiger partial charge in [0.05, 0.1) is 12.7 Å². The van der Waals surface area contributed by atoms with E-state index in [0.29, 0.717) is 38.3 Å². The Hall–Kier alpha value is -1.43. The van der Waals surface area contributed by atoms with E-state index in [4.69, 9.17) is 4.74 Å². The van der Waals surface area contributed by atoms with Crippen LogP contribution in [0.5, 0.6) is 0 Å². The van der Waals surface area contributed by atoms with E-state index in [9.17, 15) is 14.4 Å². The van der Waals surface area contributed by atoms with Gasteiger partial charge in [-0.3, -0.25) is 14.4 Å². The van der Waals surface area contributed by atoms with Crippen molar-refractivity contribution in [3.8, 4) is 0 Å². The van der Waals surface area contributed by atoms with E-state index in [-0.39, 0.29) is 29.6 Å². The molecule has 0 spiro atoms. The van der Waals surface area contributed by atoms with E-state index in [1.165, 1.54) is 19.3 Å². The lowest BCUT2D eigenvalue weighted by Crippen LogP contribution is -2.36. The van der Waals surface area contributed by atoms with Crippen molar-refractivity contribution in [2.45, 2.75) is 111 Å². The molecule has 0 aromatic rings. The third-order valence-electron chi connectivity index (χ3n) is 4.50. The molecule has 29 heavy (non-hydrogen) atoms. The summed E-state index contributed by atoms with van der Waals surface area (Å²) < 4.78 is 5.15. The Kier molecular flexibility index (Phi) is 20.4. The Bertz CT molecular complexity index is 431. The predicted octanol–water partition coefficient (Wildman–Crippen LogP) is 4.40. The fourth-order valence-electron chi connectivity index (χ4n) is 2.77. The molecule has 0 radical (unpaired) electrons. The number of rotatable bonds is 10. The smallest absolute Gasteiger partial charge is 0.222 e. The molecule has 0 aromatic carbocycles. The summed E-state index contributed by atoms with van der Waals surface area (Å²) in [5, 5.41) is 5.59. The summed E-state index contributed by atoms with van der Waals surface area (Å²) in [4.78, 5) is 33.6. The largest absolute Gasteiger partial charge is 0.378 e. The van der Waals surface area contributed by atoms with Gasteiger partial charge < -0.3 is 15.4 Å². The molecule has 1 rings (SSSR count). The predicted molar refractivity (Wildman–Crippen MR) is 120 cm³/mol. The van der Waals surface area contributed by atoms with Gasteiger partial charge in [0, 0.05) is 38.3 Å². The van der Waals surface area contributed by atoms with Crippen LogP contribution in [-0.4, -0.2) is 43.4 Å². The molecule has 6 heteroatoms. The molecule has 1 saturated carbocycles. The molecule has 1 fully saturated rings. The fraction of sp³-hybridized carbons (Fsp3) is 0.870. The van der Waals surface area contributed by atoms with Crippen LogP contribution in [-0.2, 0) is 19.1 Å². The quantitative estimate of drug-likeness (QED) is 0.555. The maximum Gasteiger partial charge on any atom is 0.222 e. The first-order chi connectivity index (χ1) is 13.8. The zero-order chi connectivity index (χ0) is 22.7. The molecule has 0 unspecified atom stereocenters. The van der Waals surface area contributed by atoms with Gasteiger partial charge in [-0.05, 0) is 33.1 Å². The molecular formula is C23H46N2O4. The lowest BCUT2D eigenvalue weighted by Gasteiger charge is -2.22. The highest BCUT2D eigenvalue weighted by Gasteiger charge is 2.15. The second kappa shape index (κ2) is 19.9. The first-order valence-corrected chi connectivity index (χ1v) is 11.4. The van der Waals surface area contributed by atoms with E-state index < -0.39 is 0 Å². The summed E-state index contributed by atoms with van der Waals surface area (Å²) in [5.74, 6) is 0.501. The molecule has 172 valence electrons. The summed E-state index contributed by atoms with van der Waals surface area (Å²) in [6.07, 6.45) is 8.40. The molecule has 1 aliphatic carbocycles. The van der Waals surface area contributed by atoms with Gasteiger partial charge in [-0.1, -0.05) is 47.0 Å². The molecule has 0 bridgehead atoms. The van der Waals surface area contributed by atoms with Crippen LogP contribution in [0, 0.1) is 5.92 Å². The van der Waals surface area contributed by atoms with Crippen LogP contribution < -0.4 is 10.6 Å². The van der Waals surface area contributed by atoms with Crippen LogP contribution >= 0.6 is 0 Å². The monoisotopic (exact) mass is 414 g/mol.